The van der Waals surface area contributed by atoms with Gasteiger partial charge in [0, 0.05) is 25.0 Å². The van der Waals surface area contributed by atoms with Gasteiger partial charge in [-0.2, -0.15) is 0 Å². The number of piperidine rings is 1. The lowest BCUT2D eigenvalue weighted by atomic mass is 10.1. The molecule has 2 aliphatic rings. The second-order valence-corrected chi connectivity index (χ2v) is 7.02. The fourth-order valence-corrected chi connectivity index (χ4v) is 3.84. The van der Waals surface area contributed by atoms with Gasteiger partial charge in [-0.15, -0.1) is 0 Å². The quantitative estimate of drug-likeness (QED) is 0.841. The first-order valence-electron chi connectivity index (χ1n) is 9.45. The Balaban J connectivity index is 1.65. The Morgan fingerprint density at radius 2 is 1.88 bits per heavy atom. The van der Waals surface area contributed by atoms with Crippen LogP contribution in [0.3, 0.4) is 0 Å². The zero-order valence-corrected chi connectivity index (χ0v) is 15.3. The SMILES string of the molecule is COc1ccc(CN2CCCCC2)c2cc(C(=O)N3CCOCC3)oc12. The predicted octanol–water partition coefficient (Wildman–Crippen LogP) is 2.90. The van der Waals surface area contributed by atoms with E-state index in [-0.39, 0.29) is 5.91 Å². The van der Waals surface area contributed by atoms with Crippen molar-refractivity contribution >= 4 is 16.9 Å². The number of likely N-dealkylation sites (tertiary alicyclic amines) is 1. The summed E-state index contributed by atoms with van der Waals surface area (Å²) in [5.74, 6) is 0.977. The maximum absolute atomic E-state index is 12.8. The third-order valence-electron chi connectivity index (χ3n) is 5.31. The number of amides is 1. The van der Waals surface area contributed by atoms with Gasteiger partial charge < -0.3 is 18.8 Å². The number of ether oxygens (including phenoxy) is 2. The number of furan rings is 1. The van der Waals surface area contributed by atoms with Crippen LogP contribution in [0.4, 0.5) is 0 Å². The summed E-state index contributed by atoms with van der Waals surface area (Å²) >= 11 is 0. The molecule has 1 amide bonds. The van der Waals surface area contributed by atoms with Gasteiger partial charge in [0.05, 0.1) is 20.3 Å². The van der Waals surface area contributed by atoms with Crippen molar-refractivity contribution in [3.05, 3.63) is 29.5 Å². The fraction of sp³-hybridized carbons (Fsp3) is 0.550. The van der Waals surface area contributed by atoms with Crippen LogP contribution in [0.5, 0.6) is 5.75 Å². The minimum atomic E-state index is -0.0736. The van der Waals surface area contributed by atoms with Crippen molar-refractivity contribution in [2.24, 2.45) is 0 Å². The van der Waals surface area contributed by atoms with Crippen molar-refractivity contribution in [2.75, 3.05) is 46.5 Å². The highest BCUT2D eigenvalue weighted by atomic mass is 16.5. The van der Waals surface area contributed by atoms with Crippen LogP contribution in [0.15, 0.2) is 22.6 Å². The molecule has 4 rings (SSSR count). The van der Waals surface area contributed by atoms with Crippen LogP contribution >= 0.6 is 0 Å². The van der Waals surface area contributed by atoms with Crippen LogP contribution in [0, 0.1) is 0 Å². The highest BCUT2D eigenvalue weighted by Gasteiger charge is 2.24. The van der Waals surface area contributed by atoms with E-state index in [1.165, 1.54) is 24.8 Å². The summed E-state index contributed by atoms with van der Waals surface area (Å²) < 4.78 is 16.8. The molecule has 0 unspecified atom stereocenters. The highest BCUT2D eigenvalue weighted by Crippen LogP contribution is 2.33. The molecule has 3 heterocycles. The number of carbonyl (C=O) groups is 1. The van der Waals surface area contributed by atoms with Crippen molar-refractivity contribution in [3.63, 3.8) is 0 Å². The number of fused-ring (bicyclic) bond motifs is 1. The van der Waals surface area contributed by atoms with E-state index in [0.29, 0.717) is 43.4 Å². The maximum atomic E-state index is 12.8. The van der Waals surface area contributed by atoms with Crippen molar-refractivity contribution in [1.29, 1.82) is 0 Å². The average molecular weight is 358 g/mol. The lowest BCUT2D eigenvalue weighted by molar-refractivity contribution is 0.0284. The molecular formula is C20H26N2O4. The van der Waals surface area contributed by atoms with Gasteiger partial charge in [-0.05, 0) is 43.6 Å². The molecule has 140 valence electrons. The molecule has 0 atom stereocenters. The van der Waals surface area contributed by atoms with Crippen LogP contribution in [-0.2, 0) is 11.3 Å². The van der Waals surface area contributed by atoms with Crippen LogP contribution in [0.25, 0.3) is 11.0 Å². The molecule has 0 aliphatic carbocycles. The lowest BCUT2D eigenvalue weighted by Gasteiger charge is -2.26. The minimum absolute atomic E-state index is 0.0736. The normalized spacial score (nSPS) is 19.0. The second kappa shape index (κ2) is 7.68. The van der Waals surface area contributed by atoms with Gasteiger partial charge in [-0.3, -0.25) is 9.69 Å². The lowest BCUT2D eigenvalue weighted by Crippen LogP contribution is -2.40. The molecule has 26 heavy (non-hydrogen) atoms. The standard InChI is InChI=1S/C20H26N2O4/c1-24-17-6-5-15(14-21-7-3-2-4-8-21)16-13-18(26-19(16)17)20(23)22-9-11-25-12-10-22/h5-6,13H,2-4,7-12,14H2,1H3. The fourth-order valence-electron chi connectivity index (χ4n) is 3.84. The van der Waals surface area contributed by atoms with Gasteiger partial charge in [-0.1, -0.05) is 12.5 Å². The number of methoxy groups -OCH3 is 1. The first kappa shape index (κ1) is 17.4. The van der Waals surface area contributed by atoms with E-state index < -0.39 is 0 Å². The zero-order chi connectivity index (χ0) is 17.9. The summed E-state index contributed by atoms with van der Waals surface area (Å²) in [6.07, 6.45) is 3.83. The van der Waals surface area contributed by atoms with E-state index in [1.807, 2.05) is 12.1 Å². The smallest absolute Gasteiger partial charge is 0.289 e. The summed E-state index contributed by atoms with van der Waals surface area (Å²) in [6.45, 7) is 5.51. The second-order valence-electron chi connectivity index (χ2n) is 7.02. The van der Waals surface area contributed by atoms with Gasteiger partial charge in [0.15, 0.2) is 17.1 Å². The Morgan fingerprint density at radius 3 is 2.62 bits per heavy atom. The van der Waals surface area contributed by atoms with Gasteiger partial charge in [0.2, 0.25) is 0 Å². The molecule has 2 aromatic rings. The number of hydrogen-bond donors (Lipinski definition) is 0. The molecule has 0 N–H and O–H groups in total. The summed E-state index contributed by atoms with van der Waals surface area (Å²) in [5.41, 5.74) is 1.85. The van der Waals surface area contributed by atoms with Crippen molar-refractivity contribution < 1.29 is 18.7 Å². The molecule has 0 spiro atoms. The van der Waals surface area contributed by atoms with E-state index in [2.05, 4.69) is 11.0 Å². The van der Waals surface area contributed by atoms with Crippen LogP contribution in [0.2, 0.25) is 0 Å². The van der Waals surface area contributed by atoms with E-state index in [0.717, 1.165) is 25.0 Å². The molecule has 6 nitrogen and oxygen atoms in total. The third kappa shape index (κ3) is 3.44. The molecule has 1 aromatic carbocycles. The molecule has 1 aromatic heterocycles. The minimum Gasteiger partial charge on any atom is -0.493 e. The number of carbonyl (C=O) groups excluding carboxylic acids is 1. The van der Waals surface area contributed by atoms with Gasteiger partial charge >= 0.3 is 0 Å². The number of benzene rings is 1. The van der Waals surface area contributed by atoms with Crippen LogP contribution in [-0.4, -0.2) is 62.2 Å². The van der Waals surface area contributed by atoms with E-state index in [9.17, 15) is 4.79 Å². The Bertz CT molecular complexity index is 773. The van der Waals surface area contributed by atoms with Crippen molar-refractivity contribution in [3.8, 4) is 5.75 Å². The number of morpholine rings is 1. The Labute approximate surface area is 153 Å². The molecule has 0 radical (unpaired) electrons. The monoisotopic (exact) mass is 358 g/mol. The predicted molar refractivity (Wildman–Crippen MR) is 98.6 cm³/mol. The first-order valence-corrected chi connectivity index (χ1v) is 9.45. The topological polar surface area (TPSA) is 55.2 Å². The first-order chi connectivity index (χ1) is 12.8. The molecule has 0 saturated carbocycles. The van der Waals surface area contributed by atoms with Crippen LogP contribution in [0.1, 0.15) is 35.4 Å². The zero-order valence-electron chi connectivity index (χ0n) is 15.3. The number of nitrogens with zero attached hydrogens (tertiary/aromatic N) is 2. The number of hydrogen-bond acceptors (Lipinski definition) is 5. The summed E-state index contributed by atoms with van der Waals surface area (Å²) in [4.78, 5) is 17.1. The van der Waals surface area contributed by atoms with Gasteiger partial charge in [0.1, 0.15) is 0 Å². The molecule has 2 saturated heterocycles. The van der Waals surface area contributed by atoms with Crippen LogP contribution < -0.4 is 4.74 Å². The van der Waals surface area contributed by atoms with E-state index in [4.69, 9.17) is 13.9 Å². The molecular weight excluding hydrogens is 332 g/mol. The van der Waals surface area contributed by atoms with Gasteiger partial charge in [0.25, 0.3) is 5.91 Å². The summed E-state index contributed by atoms with van der Waals surface area (Å²) in [5, 5.41) is 0.978. The van der Waals surface area contributed by atoms with E-state index in [1.54, 1.807) is 12.0 Å². The highest BCUT2D eigenvalue weighted by molar-refractivity contribution is 5.98. The Kier molecular flexibility index (Phi) is 5.13. The Hall–Kier alpha value is -2.05. The maximum Gasteiger partial charge on any atom is 0.289 e. The van der Waals surface area contributed by atoms with Crippen molar-refractivity contribution in [1.82, 2.24) is 9.80 Å². The third-order valence-corrected chi connectivity index (χ3v) is 5.31. The largest absolute Gasteiger partial charge is 0.493 e. The summed E-state index contributed by atoms with van der Waals surface area (Å²) in [6, 6.07) is 5.91. The molecule has 2 aliphatic heterocycles. The molecule has 6 heteroatoms. The molecule has 2 fully saturated rings. The van der Waals surface area contributed by atoms with Crippen molar-refractivity contribution in [2.45, 2.75) is 25.8 Å². The average Bonchev–Trinajstić information content (AvgIpc) is 3.15. The Morgan fingerprint density at radius 1 is 1.12 bits per heavy atom. The molecule has 0 bridgehead atoms. The summed E-state index contributed by atoms with van der Waals surface area (Å²) in [7, 11) is 1.63. The van der Waals surface area contributed by atoms with E-state index >= 15 is 0 Å². The number of rotatable bonds is 4. The van der Waals surface area contributed by atoms with Gasteiger partial charge in [-0.25, -0.2) is 0 Å².